The van der Waals surface area contributed by atoms with Crippen molar-refractivity contribution >= 4 is 5.97 Å². The van der Waals surface area contributed by atoms with Crippen LogP contribution in [0.1, 0.15) is 174 Å². The van der Waals surface area contributed by atoms with Gasteiger partial charge in [-0.1, -0.05) is 148 Å². The first-order valence-electron chi connectivity index (χ1n) is 14.6. The van der Waals surface area contributed by atoms with Gasteiger partial charge in [-0.15, -0.1) is 0 Å². The maximum absolute atomic E-state index is 10.5. The molecule has 0 rings (SSSR count). The van der Waals surface area contributed by atoms with Crippen LogP contribution in [-0.4, -0.2) is 22.3 Å². The van der Waals surface area contributed by atoms with Crippen LogP contribution in [0.5, 0.6) is 0 Å². The summed E-state index contributed by atoms with van der Waals surface area (Å²) in [4.78, 5) is 10.5. The maximum Gasteiger partial charge on any atom is 0.303 e. The normalized spacial score (nSPS) is 12.3. The number of aliphatic hydroxyl groups excluding tert-OH is 1. The van der Waals surface area contributed by atoms with Gasteiger partial charge in [-0.2, -0.15) is 0 Å². The summed E-state index contributed by atoms with van der Waals surface area (Å²) in [7, 11) is 0. The Bertz CT molecular complexity index is 369. The molecule has 0 amide bonds. The molecule has 0 aliphatic rings. The predicted octanol–water partition coefficient (Wildman–Crippen LogP) is 9.59. The highest BCUT2D eigenvalue weighted by Crippen LogP contribution is 2.16. The van der Waals surface area contributed by atoms with Gasteiger partial charge >= 0.3 is 5.97 Å². The van der Waals surface area contributed by atoms with Gasteiger partial charge in [0.25, 0.3) is 0 Å². The topological polar surface area (TPSA) is 57.5 Å². The smallest absolute Gasteiger partial charge is 0.303 e. The van der Waals surface area contributed by atoms with E-state index >= 15 is 0 Å². The average molecular weight is 455 g/mol. The number of hydrogen-bond acceptors (Lipinski definition) is 2. The first kappa shape index (κ1) is 31.4. The molecule has 1 atom stereocenters. The molecule has 0 aromatic carbocycles. The molecular formula is C29H58O3. The molecule has 0 saturated heterocycles. The highest BCUT2D eigenvalue weighted by molar-refractivity contribution is 5.66. The molecule has 3 nitrogen and oxygen atoms in total. The van der Waals surface area contributed by atoms with E-state index in [0.717, 1.165) is 12.8 Å². The second-order valence-corrected chi connectivity index (χ2v) is 10.2. The Kier molecular flexibility index (Phi) is 26.2. The second kappa shape index (κ2) is 26.7. The number of aliphatic hydroxyl groups is 1. The third kappa shape index (κ3) is 27.5. The van der Waals surface area contributed by atoms with E-state index in [4.69, 9.17) is 5.11 Å². The Morgan fingerprint density at radius 3 is 1.09 bits per heavy atom. The zero-order valence-electron chi connectivity index (χ0n) is 21.8. The minimum absolute atomic E-state index is 0.177. The third-order valence-corrected chi connectivity index (χ3v) is 6.82. The molecule has 192 valence electrons. The first-order chi connectivity index (χ1) is 15.7. The lowest BCUT2D eigenvalue weighted by Crippen LogP contribution is -2.07. The molecule has 0 aromatic rings. The molecule has 0 heterocycles. The lowest BCUT2D eigenvalue weighted by molar-refractivity contribution is -0.137. The average Bonchev–Trinajstić information content (AvgIpc) is 2.77. The van der Waals surface area contributed by atoms with Gasteiger partial charge in [0, 0.05) is 6.42 Å². The Hall–Kier alpha value is -0.570. The zero-order chi connectivity index (χ0) is 23.5. The van der Waals surface area contributed by atoms with Crippen LogP contribution in [0.4, 0.5) is 0 Å². The lowest BCUT2D eigenvalue weighted by Gasteiger charge is -2.09. The summed E-state index contributed by atoms with van der Waals surface area (Å²) in [5, 5.41) is 18.4. The summed E-state index contributed by atoms with van der Waals surface area (Å²) in [5.41, 5.74) is 0. The molecule has 0 aliphatic heterocycles. The molecule has 0 aliphatic carbocycles. The Morgan fingerprint density at radius 2 is 0.781 bits per heavy atom. The maximum atomic E-state index is 10.5. The van der Waals surface area contributed by atoms with Gasteiger partial charge in [0.05, 0.1) is 6.10 Å². The van der Waals surface area contributed by atoms with Gasteiger partial charge < -0.3 is 10.2 Å². The van der Waals surface area contributed by atoms with E-state index in [1.54, 1.807) is 0 Å². The Morgan fingerprint density at radius 1 is 0.500 bits per heavy atom. The summed E-state index contributed by atoms with van der Waals surface area (Å²) in [6.07, 6.45) is 32.6. The van der Waals surface area contributed by atoms with Crippen LogP contribution in [0.3, 0.4) is 0 Å². The molecule has 0 bridgehead atoms. The van der Waals surface area contributed by atoms with Crippen molar-refractivity contribution in [1.82, 2.24) is 0 Å². The summed E-state index contributed by atoms with van der Waals surface area (Å²) < 4.78 is 0. The monoisotopic (exact) mass is 454 g/mol. The number of aliphatic carboxylic acids is 1. The second-order valence-electron chi connectivity index (χ2n) is 10.2. The number of carboxylic acid groups (broad SMARTS) is 1. The number of rotatable bonds is 27. The van der Waals surface area contributed by atoms with Gasteiger partial charge in [0.2, 0.25) is 0 Å². The van der Waals surface area contributed by atoms with Crippen molar-refractivity contribution in [2.24, 2.45) is 0 Å². The van der Waals surface area contributed by atoms with Crippen LogP contribution >= 0.6 is 0 Å². The van der Waals surface area contributed by atoms with Crippen LogP contribution in [0.15, 0.2) is 0 Å². The third-order valence-electron chi connectivity index (χ3n) is 6.82. The Balaban J connectivity index is 3.08. The summed E-state index contributed by atoms with van der Waals surface area (Å²) >= 11 is 0. The fourth-order valence-corrected chi connectivity index (χ4v) is 4.62. The quantitative estimate of drug-likeness (QED) is 0.121. The summed E-state index contributed by atoms with van der Waals surface area (Å²) in [5.74, 6) is -0.762. The SMILES string of the molecule is CCCCCCCCCCCCCCCCCCCCCCCCC(O)CCCC(=O)O. The molecule has 32 heavy (non-hydrogen) atoms. The first-order valence-corrected chi connectivity index (χ1v) is 14.6. The molecule has 0 spiro atoms. The van der Waals surface area contributed by atoms with Crippen LogP contribution in [0.2, 0.25) is 0 Å². The molecule has 3 heteroatoms. The molecular weight excluding hydrogens is 396 g/mol. The highest BCUT2D eigenvalue weighted by atomic mass is 16.4. The number of carboxylic acids is 1. The van der Waals surface area contributed by atoms with Crippen LogP contribution in [0.25, 0.3) is 0 Å². The standard InChI is InChI=1S/C29H58O3/c1-2-3-4-5-6-7-8-9-10-11-12-13-14-15-16-17-18-19-20-21-22-23-25-28(30)26-24-27-29(31)32/h28,30H,2-27H2,1H3,(H,31,32). The number of hydrogen-bond donors (Lipinski definition) is 2. The van der Waals surface area contributed by atoms with Crippen molar-refractivity contribution in [1.29, 1.82) is 0 Å². The summed E-state index contributed by atoms with van der Waals surface area (Å²) in [6.45, 7) is 2.29. The van der Waals surface area contributed by atoms with E-state index in [0.29, 0.717) is 12.8 Å². The van der Waals surface area contributed by atoms with E-state index in [2.05, 4.69) is 6.92 Å². The summed E-state index contributed by atoms with van der Waals surface area (Å²) in [6, 6.07) is 0. The van der Waals surface area contributed by atoms with E-state index in [1.165, 1.54) is 135 Å². The molecule has 0 fully saturated rings. The van der Waals surface area contributed by atoms with E-state index in [-0.39, 0.29) is 12.5 Å². The van der Waals surface area contributed by atoms with Crippen molar-refractivity contribution in [2.45, 2.75) is 180 Å². The van der Waals surface area contributed by atoms with Crippen LogP contribution in [0, 0.1) is 0 Å². The largest absolute Gasteiger partial charge is 0.481 e. The zero-order valence-corrected chi connectivity index (χ0v) is 21.8. The van der Waals surface area contributed by atoms with Crippen LogP contribution < -0.4 is 0 Å². The molecule has 0 saturated carbocycles. The van der Waals surface area contributed by atoms with Gasteiger partial charge in [0.1, 0.15) is 0 Å². The molecule has 2 N–H and O–H groups in total. The predicted molar refractivity (Wildman–Crippen MR) is 139 cm³/mol. The van der Waals surface area contributed by atoms with E-state index in [9.17, 15) is 9.90 Å². The molecule has 0 aromatic heterocycles. The molecule has 1 unspecified atom stereocenters. The minimum Gasteiger partial charge on any atom is -0.481 e. The van der Waals surface area contributed by atoms with Gasteiger partial charge in [-0.25, -0.2) is 0 Å². The van der Waals surface area contributed by atoms with E-state index in [1.807, 2.05) is 0 Å². The lowest BCUT2D eigenvalue weighted by atomic mass is 10.0. The van der Waals surface area contributed by atoms with Gasteiger partial charge in [0.15, 0.2) is 0 Å². The van der Waals surface area contributed by atoms with Crippen molar-refractivity contribution in [3.63, 3.8) is 0 Å². The molecule has 0 radical (unpaired) electrons. The fraction of sp³-hybridized carbons (Fsp3) is 0.966. The highest BCUT2D eigenvalue weighted by Gasteiger charge is 2.05. The van der Waals surface area contributed by atoms with E-state index < -0.39 is 5.97 Å². The van der Waals surface area contributed by atoms with Crippen LogP contribution in [-0.2, 0) is 4.79 Å². The van der Waals surface area contributed by atoms with Crippen molar-refractivity contribution in [3.8, 4) is 0 Å². The number of carbonyl (C=O) groups is 1. The Labute approximate surface area is 201 Å². The van der Waals surface area contributed by atoms with Crippen molar-refractivity contribution in [2.75, 3.05) is 0 Å². The van der Waals surface area contributed by atoms with Gasteiger partial charge in [-0.05, 0) is 19.3 Å². The fourth-order valence-electron chi connectivity index (χ4n) is 4.62. The van der Waals surface area contributed by atoms with Crippen molar-refractivity contribution in [3.05, 3.63) is 0 Å². The van der Waals surface area contributed by atoms with Gasteiger partial charge in [-0.3, -0.25) is 4.79 Å². The number of unbranched alkanes of at least 4 members (excludes halogenated alkanes) is 21. The minimum atomic E-state index is -0.762. The van der Waals surface area contributed by atoms with Crippen molar-refractivity contribution < 1.29 is 15.0 Å².